The number of carbonyl (C=O) groups is 1. The summed E-state index contributed by atoms with van der Waals surface area (Å²) in [6.45, 7) is -1.01. The Labute approximate surface area is 382 Å². The summed E-state index contributed by atoms with van der Waals surface area (Å²) in [6.07, 6.45) is -19.9. The van der Waals surface area contributed by atoms with Crippen molar-refractivity contribution in [2.75, 3.05) is 36.0 Å². The predicted molar refractivity (Wildman–Crippen MR) is 216 cm³/mol. The van der Waals surface area contributed by atoms with Crippen LogP contribution >= 0.6 is 92.3 Å². The second-order valence-corrected chi connectivity index (χ2v) is 18.4. The summed E-state index contributed by atoms with van der Waals surface area (Å²) in [4.78, 5) is 20.4. The highest BCUT2D eigenvalue weighted by Gasteiger charge is 2.61. The van der Waals surface area contributed by atoms with E-state index in [1.54, 1.807) is 0 Å². The van der Waals surface area contributed by atoms with Gasteiger partial charge in [0.05, 0.1) is 46.4 Å². The van der Waals surface area contributed by atoms with Crippen LogP contribution in [0.1, 0.15) is 58.5 Å². The molecule has 2 aromatic heterocycles. The quantitative estimate of drug-likeness (QED) is 0.135. The average molecular weight is 1050 g/mol. The van der Waals surface area contributed by atoms with Crippen molar-refractivity contribution in [1.29, 1.82) is 0 Å². The van der Waals surface area contributed by atoms with E-state index in [9.17, 15) is 57.5 Å². The monoisotopic (exact) mass is 1050 g/mol. The van der Waals surface area contributed by atoms with Crippen LogP contribution in [0.5, 0.6) is 0 Å². The van der Waals surface area contributed by atoms with Gasteiger partial charge in [-0.25, -0.2) is 9.97 Å². The number of amides is 1. The van der Waals surface area contributed by atoms with Crippen molar-refractivity contribution < 1.29 is 57.5 Å². The van der Waals surface area contributed by atoms with Gasteiger partial charge >= 0.3 is 24.7 Å². The van der Waals surface area contributed by atoms with Gasteiger partial charge in [0.2, 0.25) is 5.91 Å². The lowest BCUT2D eigenvalue weighted by Crippen LogP contribution is -2.44. The number of benzene rings is 2. The number of hydrogen-bond donors (Lipinski definition) is 2. The van der Waals surface area contributed by atoms with E-state index in [4.69, 9.17) is 75.3 Å². The molecular formula is C35H28Cl6F12N6OS2. The topological polar surface area (TPSA) is 87.4 Å². The highest BCUT2D eigenvalue weighted by molar-refractivity contribution is 7.16. The SMILES string of the molecule is CCC(=O)NCc1sc(N2CCC(c3cc(Cl)c(Cl)c(Cl)c3)(C(F)(F)F)C2)nc1C(F)(F)F.NCc1sc(N2CCC(c3cc(Cl)c(Cl)c(Cl)c3)(C(F)(F)F)C2)nc1C(F)(F)F. The lowest BCUT2D eigenvalue weighted by atomic mass is 9.79. The molecule has 2 unspecified atom stereocenters. The summed E-state index contributed by atoms with van der Waals surface area (Å²) in [5.74, 6) is -0.466. The van der Waals surface area contributed by atoms with E-state index in [0.29, 0.717) is 22.7 Å². The molecular weight excluding hydrogens is 1030 g/mol. The molecule has 6 rings (SSSR count). The van der Waals surface area contributed by atoms with E-state index >= 15 is 0 Å². The van der Waals surface area contributed by atoms with Crippen LogP contribution in [0.3, 0.4) is 0 Å². The second kappa shape index (κ2) is 18.5. The first-order valence-corrected chi connectivity index (χ1v) is 21.4. The van der Waals surface area contributed by atoms with Crippen LogP contribution in [0.25, 0.3) is 0 Å². The van der Waals surface area contributed by atoms with E-state index in [1.807, 2.05) is 0 Å². The van der Waals surface area contributed by atoms with Gasteiger partial charge in [0, 0.05) is 39.1 Å². The van der Waals surface area contributed by atoms with Crippen molar-refractivity contribution in [3.8, 4) is 0 Å². The maximum Gasteiger partial charge on any atom is 0.434 e. The molecule has 7 nitrogen and oxygen atoms in total. The molecule has 62 heavy (non-hydrogen) atoms. The fourth-order valence-electron chi connectivity index (χ4n) is 6.83. The van der Waals surface area contributed by atoms with Crippen LogP contribution < -0.4 is 20.9 Å². The van der Waals surface area contributed by atoms with Crippen LogP contribution in [0, 0.1) is 0 Å². The van der Waals surface area contributed by atoms with E-state index in [-0.39, 0.29) is 80.8 Å². The van der Waals surface area contributed by atoms with Gasteiger partial charge < -0.3 is 20.9 Å². The molecule has 2 saturated heterocycles. The van der Waals surface area contributed by atoms with Gasteiger partial charge in [-0.1, -0.05) is 99.2 Å². The Morgan fingerprint density at radius 2 is 1.03 bits per heavy atom. The molecule has 0 aliphatic carbocycles. The molecule has 3 N–H and O–H groups in total. The highest BCUT2D eigenvalue weighted by Crippen LogP contribution is 2.53. The number of aromatic nitrogens is 2. The van der Waals surface area contributed by atoms with Crippen LogP contribution in [-0.4, -0.2) is 54.4 Å². The lowest BCUT2D eigenvalue weighted by molar-refractivity contribution is -0.185. The molecule has 0 radical (unpaired) electrons. The van der Waals surface area contributed by atoms with E-state index < -0.39 is 91.9 Å². The molecule has 342 valence electrons. The zero-order valence-electron chi connectivity index (χ0n) is 31.1. The summed E-state index contributed by atoms with van der Waals surface area (Å²) >= 11 is 36.6. The molecule has 2 atom stereocenters. The molecule has 0 saturated carbocycles. The number of anilines is 2. The van der Waals surface area contributed by atoms with Crippen LogP contribution in [0.15, 0.2) is 24.3 Å². The summed E-state index contributed by atoms with van der Waals surface area (Å²) in [5.41, 5.74) is -2.34. The van der Waals surface area contributed by atoms with Gasteiger partial charge in [-0.15, -0.1) is 0 Å². The van der Waals surface area contributed by atoms with Crippen LogP contribution in [0.2, 0.25) is 30.1 Å². The third-order valence-corrected chi connectivity index (χ3v) is 14.7. The Balaban J connectivity index is 0.000000236. The summed E-state index contributed by atoms with van der Waals surface area (Å²) in [7, 11) is 0. The minimum absolute atomic E-state index is 0.0689. The van der Waals surface area contributed by atoms with Gasteiger partial charge in [0.25, 0.3) is 0 Å². The second-order valence-electron chi connectivity index (χ2n) is 13.9. The normalized spacial score (nSPS) is 19.9. The maximum absolute atomic E-state index is 14.3. The molecule has 27 heteroatoms. The number of nitrogens with zero attached hydrogens (tertiary/aromatic N) is 4. The minimum Gasteiger partial charge on any atom is -0.351 e. The van der Waals surface area contributed by atoms with Crippen molar-refractivity contribution in [2.24, 2.45) is 5.73 Å². The molecule has 2 aliphatic heterocycles. The number of halogens is 18. The van der Waals surface area contributed by atoms with Crippen molar-refractivity contribution in [2.45, 2.75) is 74.8 Å². The average Bonchev–Trinajstić information content (AvgIpc) is 3.98. The van der Waals surface area contributed by atoms with Crippen molar-refractivity contribution >= 4 is 108 Å². The summed E-state index contributed by atoms with van der Waals surface area (Å²) < 4.78 is 165. The third kappa shape index (κ3) is 10.2. The fraction of sp³-hybridized carbons (Fsp3) is 0.457. The Kier molecular flexibility index (Phi) is 15.1. The van der Waals surface area contributed by atoms with Gasteiger partial charge in [-0.2, -0.15) is 52.7 Å². The van der Waals surface area contributed by atoms with Crippen LogP contribution in [-0.2, 0) is 41.1 Å². The molecule has 0 bridgehead atoms. The highest BCUT2D eigenvalue weighted by atomic mass is 35.5. The number of thiazole rings is 2. The number of rotatable bonds is 8. The molecule has 2 aliphatic rings. The standard InChI is InChI=1S/C19H16Cl3F6N3OS.C16H12Cl3F6N3S/c1-2-13(32)29-7-12-15(18(23,24)25)30-16(33-12)31-4-3-17(8-31,19(26,27)28)9-5-10(20)14(22)11(21)6-9;17-8-3-7(4-9(18)11(8)19)14(16(23,24)25)1-2-28(6-14)13-27-12(15(20,21)22)10(5-26)29-13/h5-6H,2-4,7-8H2,1H3,(H,29,32);3-4H,1-2,5-6,26H2. The van der Waals surface area contributed by atoms with E-state index in [1.165, 1.54) is 11.8 Å². The van der Waals surface area contributed by atoms with Crippen molar-refractivity contribution in [3.05, 3.63) is 86.7 Å². The zero-order chi connectivity index (χ0) is 46.5. The Morgan fingerprint density at radius 3 is 1.34 bits per heavy atom. The minimum atomic E-state index is -4.83. The van der Waals surface area contributed by atoms with Gasteiger partial charge in [-0.3, -0.25) is 4.79 Å². The third-order valence-electron chi connectivity index (χ3n) is 10.1. The molecule has 2 fully saturated rings. The number of hydrogen-bond acceptors (Lipinski definition) is 8. The first kappa shape index (κ1) is 50.6. The van der Waals surface area contributed by atoms with Crippen molar-refractivity contribution in [3.63, 3.8) is 0 Å². The number of nitrogens with two attached hydrogens (primary N) is 1. The smallest absolute Gasteiger partial charge is 0.351 e. The fourth-order valence-corrected chi connectivity index (χ4v) is 10.0. The molecule has 4 aromatic rings. The Hall–Kier alpha value is -2.37. The van der Waals surface area contributed by atoms with Gasteiger partial charge in [0.15, 0.2) is 21.7 Å². The lowest BCUT2D eigenvalue weighted by Gasteiger charge is -2.32. The van der Waals surface area contributed by atoms with Gasteiger partial charge in [-0.05, 0) is 48.2 Å². The molecule has 4 heterocycles. The van der Waals surface area contributed by atoms with E-state index in [0.717, 1.165) is 29.2 Å². The molecule has 1 amide bonds. The summed E-state index contributed by atoms with van der Waals surface area (Å²) in [5, 5.41) is 1.16. The maximum atomic E-state index is 14.3. The first-order chi connectivity index (χ1) is 28.5. The molecule has 2 aromatic carbocycles. The predicted octanol–water partition coefficient (Wildman–Crippen LogP) is 13.1. The zero-order valence-corrected chi connectivity index (χ0v) is 37.2. The van der Waals surface area contributed by atoms with Crippen LogP contribution in [0.4, 0.5) is 62.9 Å². The van der Waals surface area contributed by atoms with E-state index in [2.05, 4.69) is 15.3 Å². The van der Waals surface area contributed by atoms with Crippen molar-refractivity contribution in [1.82, 2.24) is 15.3 Å². The number of alkyl halides is 12. The first-order valence-electron chi connectivity index (χ1n) is 17.5. The number of nitrogens with one attached hydrogen (secondary N) is 1. The largest absolute Gasteiger partial charge is 0.434 e. The summed E-state index contributed by atoms with van der Waals surface area (Å²) in [6, 6.07) is 4.31. The number of carbonyl (C=O) groups excluding carboxylic acids is 1. The molecule has 0 spiro atoms. The Morgan fingerprint density at radius 1 is 0.677 bits per heavy atom. The Bertz CT molecular complexity index is 2260. The van der Waals surface area contributed by atoms with Gasteiger partial charge in [0.1, 0.15) is 10.8 Å².